The summed E-state index contributed by atoms with van der Waals surface area (Å²) in [5.74, 6) is 0. The summed E-state index contributed by atoms with van der Waals surface area (Å²) in [5.41, 5.74) is 1.36. The predicted molar refractivity (Wildman–Crippen MR) is 58.9 cm³/mol. The first-order valence-corrected chi connectivity index (χ1v) is 7.74. The SMILES string of the molecule is [2H]C([2H])([2H])c1cc([Si](C)(C)C)ccc1C. The van der Waals surface area contributed by atoms with Crippen molar-refractivity contribution < 1.29 is 4.11 Å². The Morgan fingerprint density at radius 2 is 1.83 bits per heavy atom. The highest BCUT2D eigenvalue weighted by atomic mass is 28.3. The Balaban J connectivity index is 3.30. The molecule has 0 saturated carbocycles. The van der Waals surface area contributed by atoms with Crippen LogP contribution >= 0.6 is 0 Å². The summed E-state index contributed by atoms with van der Waals surface area (Å²) in [6.45, 7) is 6.54. The Hall–Kier alpha value is -0.563. The second kappa shape index (κ2) is 3.06. The van der Waals surface area contributed by atoms with Crippen molar-refractivity contribution in [1.82, 2.24) is 0 Å². The van der Waals surface area contributed by atoms with Crippen molar-refractivity contribution in [1.29, 1.82) is 0 Å². The fourth-order valence-corrected chi connectivity index (χ4v) is 2.25. The maximum absolute atomic E-state index is 7.46. The molecule has 0 fully saturated rings. The molecule has 0 aliphatic carbocycles. The van der Waals surface area contributed by atoms with Crippen LogP contribution in [0.4, 0.5) is 0 Å². The topological polar surface area (TPSA) is 0 Å². The molecule has 0 spiro atoms. The highest BCUT2D eigenvalue weighted by Gasteiger charge is 2.15. The molecular weight excluding hydrogens is 160 g/mol. The minimum atomic E-state index is -1.99. The van der Waals surface area contributed by atoms with Gasteiger partial charge in [0.05, 0.1) is 8.07 Å². The number of hydrogen-bond donors (Lipinski definition) is 0. The van der Waals surface area contributed by atoms with E-state index in [0.717, 1.165) is 5.56 Å². The molecule has 0 unspecified atom stereocenters. The molecule has 1 aromatic carbocycles. The number of rotatable bonds is 1. The maximum Gasteiger partial charge on any atom is 0.0776 e. The molecule has 0 amide bonds. The first-order valence-electron chi connectivity index (χ1n) is 5.74. The third-order valence-electron chi connectivity index (χ3n) is 2.10. The van der Waals surface area contributed by atoms with Crippen LogP contribution in [0.3, 0.4) is 0 Å². The van der Waals surface area contributed by atoms with Crippen LogP contribution in [0.15, 0.2) is 18.2 Å². The van der Waals surface area contributed by atoms with Gasteiger partial charge in [-0.2, -0.15) is 0 Å². The van der Waals surface area contributed by atoms with Gasteiger partial charge in [0.25, 0.3) is 0 Å². The predicted octanol–water partition coefficient (Wildman–Crippen LogP) is 2.85. The van der Waals surface area contributed by atoms with E-state index in [9.17, 15) is 0 Å². The van der Waals surface area contributed by atoms with E-state index in [2.05, 4.69) is 25.7 Å². The summed E-state index contributed by atoms with van der Waals surface area (Å²) in [5, 5.41) is 1.21. The van der Waals surface area contributed by atoms with Gasteiger partial charge in [-0.1, -0.05) is 43.0 Å². The second-order valence-electron chi connectivity index (χ2n) is 4.28. The molecule has 0 saturated heterocycles. The number of aryl methyl sites for hydroxylation is 2. The fraction of sp³-hybridized carbons (Fsp3) is 0.455. The largest absolute Gasteiger partial charge is 0.0776 e. The third-order valence-corrected chi connectivity index (χ3v) is 4.15. The first-order chi connectivity index (χ1) is 6.62. The molecule has 12 heavy (non-hydrogen) atoms. The minimum Gasteiger partial charge on any atom is -0.0656 e. The molecule has 0 aromatic heterocycles. The highest BCUT2D eigenvalue weighted by Crippen LogP contribution is 2.08. The molecule has 0 aliphatic heterocycles. The lowest BCUT2D eigenvalue weighted by Crippen LogP contribution is -2.37. The quantitative estimate of drug-likeness (QED) is 0.584. The fourth-order valence-electron chi connectivity index (χ4n) is 1.09. The monoisotopic (exact) mass is 181 g/mol. The van der Waals surface area contributed by atoms with Gasteiger partial charge in [0.2, 0.25) is 0 Å². The van der Waals surface area contributed by atoms with Crippen molar-refractivity contribution in [3.05, 3.63) is 29.3 Å². The Morgan fingerprint density at radius 1 is 1.17 bits per heavy atom. The zero-order valence-corrected chi connectivity index (χ0v) is 9.23. The summed E-state index contributed by atoms with van der Waals surface area (Å²) in [6.07, 6.45) is 0. The van der Waals surface area contributed by atoms with Gasteiger partial charge in [0.1, 0.15) is 0 Å². The van der Waals surface area contributed by atoms with E-state index in [1.165, 1.54) is 5.19 Å². The molecule has 0 atom stereocenters. The molecule has 0 heterocycles. The molecule has 1 heteroatoms. The van der Waals surface area contributed by atoms with Crippen LogP contribution in [0, 0.1) is 13.8 Å². The molecule has 0 nitrogen and oxygen atoms in total. The van der Waals surface area contributed by atoms with E-state index in [-0.39, 0.29) is 0 Å². The van der Waals surface area contributed by atoms with E-state index in [0.29, 0.717) is 5.56 Å². The van der Waals surface area contributed by atoms with Crippen LogP contribution in [0.2, 0.25) is 19.6 Å². The zero-order chi connectivity index (χ0) is 11.9. The second-order valence-corrected chi connectivity index (χ2v) is 9.36. The van der Waals surface area contributed by atoms with Crippen molar-refractivity contribution >= 4 is 13.3 Å². The van der Waals surface area contributed by atoms with E-state index in [1.807, 2.05) is 19.1 Å². The van der Waals surface area contributed by atoms with Gasteiger partial charge in [-0.25, -0.2) is 0 Å². The smallest absolute Gasteiger partial charge is 0.0656 e. The van der Waals surface area contributed by atoms with Crippen LogP contribution in [0.25, 0.3) is 0 Å². The molecular formula is C11H18Si. The zero-order valence-electron chi connectivity index (χ0n) is 11.2. The molecule has 0 aliphatic rings. The molecule has 0 radical (unpaired) electrons. The molecule has 1 aromatic rings. The first kappa shape index (κ1) is 5.98. The Labute approximate surface area is 80.9 Å². The lowest BCUT2D eigenvalue weighted by atomic mass is 10.1. The van der Waals surface area contributed by atoms with Crippen LogP contribution < -0.4 is 5.19 Å². The summed E-state index contributed by atoms with van der Waals surface area (Å²) >= 11 is 0. The van der Waals surface area contributed by atoms with Crippen LogP contribution in [0.1, 0.15) is 15.2 Å². The lowest BCUT2D eigenvalue weighted by Gasteiger charge is -2.17. The van der Waals surface area contributed by atoms with E-state index >= 15 is 0 Å². The Morgan fingerprint density at radius 3 is 2.33 bits per heavy atom. The Kier molecular flexibility index (Phi) is 1.52. The van der Waals surface area contributed by atoms with E-state index in [4.69, 9.17) is 4.11 Å². The van der Waals surface area contributed by atoms with Crippen molar-refractivity contribution in [2.45, 2.75) is 33.4 Å². The normalized spacial score (nSPS) is 16.5. The van der Waals surface area contributed by atoms with Crippen LogP contribution in [0.5, 0.6) is 0 Å². The van der Waals surface area contributed by atoms with Gasteiger partial charge >= 0.3 is 0 Å². The number of hydrogen-bond acceptors (Lipinski definition) is 0. The van der Waals surface area contributed by atoms with Gasteiger partial charge < -0.3 is 0 Å². The van der Waals surface area contributed by atoms with Crippen molar-refractivity contribution in [3.8, 4) is 0 Å². The summed E-state index contributed by atoms with van der Waals surface area (Å²) in [6, 6.07) is 5.86. The van der Waals surface area contributed by atoms with Gasteiger partial charge in [-0.15, -0.1) is 0 Å². The summed E-state index contributed by atoms with van der Waals surface area (Å²) in [7, 11) is -1.42. The summed E-state index contributed by atoms with van der Waals surface area (Å²) < 4.78 is 22.4. The Bertz CT molecular complexity index is 361. The van der Waals surface area contributed by atoms with E-state index < -0.39 is 14.9 Å². The molecule has 0 bridgehead atoms. The van der Waals surface area contributed by atoms with Gasteiger partial charge in [-0.3, -0.25) is 0 Å². The van der Waals surface area contributed by atoms with Gasteiger partial charge in [-0.05, 0) is 24.9 Å². The van der Waals surface area contributed by atoms with Crippen molar-refractivity contribution in [3.63, 3.8) is 0 Å². The van der Waals surface area contributed by atoms with Crippen molar-refractivity contribution in [2.24, 2.45) is 0 Å². The third kappa shape index (κ3) is 1.98. The minimum absolute atomic E-state index is 0.502. The highest BCUT2D eigenvalue weighted by molar-refractivity contribution is 6.88. The standard InChI is InChI=1S/C11H18Si/c1-9-6-7-11(8-10(9)2)12(3,4)5/h6-8H,1-5H3/i2D3. The van der Waals surface area contributed by atoms with Crippen LogP contribution in [-0.4, -0.2) is 8.07 Å². The van der Waals surface area contributed by atoms with Crippen molar-refractivity contribution in [2.75, 3.05) is 0 Å². The van der Waals surface area contributed by atoms with E-state index in [1.54, 1.807) is 0 Å². The average molecular weight is 181 g/mol. The summed E-state index contributed by atoms with van der Waals surface area (Å²) in [4.78, 5) is 0. The molecule has 66 valence electrons. The van der Waals surface area contributed by atoms with Crippen LogP contribution in [-0.2, 0) is 0 Å². The number of benzene rings is 1. The van der Waals surface area contributed by atoms with Gasteiger partial charge in [0, 0.05) is 4.11 Å². The molecule has 0 N–H and O–H groups in total. The molecule has 1 rings (SSSR count). The van der Waals surface area contributed by atoms with Gasteiger partial charge in [0.15, 0.2) is 0 Å². The lowest BCUT2D eigenvalue weighted by molar-refractivity contribution is 1.35. The average Bonchev–Trinajstić information content (AvgIpc) is 2.00. The maximum atomic E-state index is 7.46.